The van der Waals surface area contributed by atoms with Crippen molar-refractivity contribution in [1.82, 2.24) is 19.8 Å². The van der Waals surface area contributed by atoms with Crippen molar-refractivity contribution < 1.29 is 12.9 Å². The molecule has 1 unspecified atom stereocenters. The van der Waals surface area contributed by atoms with Crippen LogP contribution in [-0.4, -0.2) is 50.0 Å². The molecule has 24 heavy (non-hydrogen) atoms. The maximum Gasteiger partial charge on any atom is 0.250 e. The number of sulfonamides is 1. The van der Waals surface area contributed by atoms with Crippen molar-refractivity contribution >= 4 is 22.2 Å². The van der Waals surface area contributed by atoms with Crippen LogP contribution < -0.4 is 5.32 Å². The molecule has 130 valence electrons. The molecule has 0 aliphatic heterocycles. The Morgan fingerprint density at radius 2 is 1.92 bits per heavy atom. The van der Waals surface area contributed by atoms with Crippen LogP contribution in [0.5, 0.6) is 0 Å². The van der Waals surface area contributed by atoms with E-state index in [1.54, 1.807) is 36.4 Å². The Hall–Kier alpha value is -2.03. The monoisotopic (exact) mass is 350 g/mol. The molecule has 0 saturated carbocycles. The highest BCUT2D eigenvalue weighted by Crippen LogP contribution is 2.15. The molecule has 0 bridgehead atoms. The molecule has 0 fully saturated rings. The van der Waals surface area contributed by atoms with Crippen LogP contribution >= 0.6 is 0 Å². The fourth-order valence-corrected chi connectivity index (χ4v) is 2.82. The quantitative estimate of drug-likeness (QED) is 0.817. The second-order valence-corrected chi connectivity index (χ2v) is 7.78. The second-order valence-electron chi connectivity index (χ2n) is 5.63. The third kappa shape index (κ3) is 4.50. The van der Waals surface area contributed by atoms with Crippen molar-refractivity contribution in [3.05, 3.63) is 41.5 Å². The summed E-state index contributed by atoms with van der Waals surface area (Å²) in [5, 5.41) is 7.03. The van der Waals surface area contributed by atoms with Crippen LogP contribution in [0.15, 0.2) is 33.7 Å². The van der Waals surface area contributed by atoms with Crippen LogP contribution in [0.4, 0.5) is 0 Å². The molecule has 1 aromatic heterocycles. The molecule has 1 heterocycles. The van der Waals surface area contributed by atoms with Crippen LogP contribution in [0.25, 0.3) is 12.2 Å². The highest BCUT2D eigenvalue weighted by Gasteiger charge is 2.16. The smallest absolute Gasteiger partial charge is 0.250 e. The first-order chi connectivity index (χ1) is 11.3. The Morgan fingerprint density at radius 1 is 1.25 bits per heavy atom. The first kappa shape index (κ1) is 18.3. The fraction of sp³-hybridized carbons (Fsp3) is 0.375. The van der Waals surface area contributed by atoms with Gasteiger partial charge in [-0.1, -0.05) is 17.3 Å². The summed E-state index contributed by atoms with van der Waals surface area (Å²) in [7, 11) is 1.48. The number of aromatic nitrogens is 2. The van der Waals surface area contributed by atoms with Crippen molar-refractivity contribution in [2.45, 2.75) is 24.3 Å². The zero-order valence-corrected chi connectivity index (χ0v) is 15.0. The Kier molecular flexibility index (Phi) is 5.87. The number of rotatable bonds is 7. The van der Waals surface area contributed by atoms with Crippen LogP contribution in [0.1, 0.15) is 24.2 Å². The van der Waals surface area contributed by atoms with E-state index in [9.17, 15) is 8.42 Å². The number of hydrogen-bond acceptors (Lipinski definition) is 6. The van der Waals surface area contributed by atoms with Crippen molar-refractivity contribution in [2.24, 2.45) is 0 Å². The predicted molar refractivity (Wildman–Crippen MR) is 92.8 cm³/mol. The van der Waals surface area contributed by atoms with Gasteiger partial charge < -0.3 is 9.84 Å². The summed E-state index contributed by atoms with van der Waals surface area (Å²) in [6.45, 7) is 2.04. The van der Waals surface area contributed by atoms with E-state index in [0.29, 0.717) is 18.1 Å². The molecule has 0 aliphatic carbocycles. The molecule has 8 heteroatoms. The molecule has 1 N–H and O–H groups in total. The van der Waals surface area contributed by atoms with E-state index in [1.807, 2.05) is 14.0 Å². The lowest BCUT2D eigenvalue weighted by Crippen LogP contribution is -2.24. The van der Waals surface area contributed by atoms with Crippen LogP contribution in [0, 0.1) is 0 Å². The lowest BCUT2D eigenvalue weighted by molar-refractivity contribution is 0.400. The summed E-state index contributed by atoms with van der Waals surface area (Å²) in [6, 6.07) is 6.87. The number of likely N-dealkylation sites (N-methyl/N-ethyl adjacent to an activating group) is 1. The van der Waals surface area contributed by atoms with E-state index in [-0.39, 0.29) is 10.9 Å². The number of nitrogens with one attached hydrogen (secondary N) is 1. The third-order valence-electron chi connectivity index (χ3n) is 3.54. The Labute approximate surface area is 142 Å². The number of hydrogen-bond donors (Lipinski definition) is 1. The molecule has 2 rings (SSSR count). The molecule has 7 nitrogen and oxygen atoms in total. The molecular weight excluding hydrogens is 328 g/mol. The number of benzene rings is 1. The maximum atomic E-state index is 12.0. The summed E-state index contributed by atoms with van der Waals surface area (Å²) in [5.41, 5.74) is 0.844. The average molecular weight is 350 g/mol. The number of nitrogens with zero attached hydrogens (tertiary/aromatic N) is 3. The van der Waals surface area contributed by atoms with Crippen molar-refractivity contribution in [2.75, 3.05) is 21.1 Å². The standard InChI is InChI=1S/C16H22N4O3S/c1-12(17-2)11-15-18-16(23-19-15)10-7-13-5-8-14(9-6-13)24(21,22)20(3)4/h5-10,12,17H,11H2,1-4H3/b10-7+. The molecule has 2 aromatic rings. The lowest BCUT2D eigenvalue weighted by Gasteiger charge is -2.10. The lowest BCUT2D eigenvalue weighted by atomic mass is 10.2. The largest absolute Gasteiger partial charge is 0.335 e. The maximum absolute atomic E-state index is 12.0. The molecule has 0 saturated heterocycles. The van der Waals surface area contributed by atoms with Crippen molar-refractivity contribution in [3.63, 3.8) is 0 Å². The minimum Gasteiger partial charge on any atom is -0.335 e. The summed E-state index contributed by atoms with van der Waals surface area (Å²) in [6.07, 6.45) is 4.19. The van der Waals surface area contributed by atoms with Crippen molar-refractivity contribution in [1.29, 1.82) is 0 Å². The van der Waals surface area contributed by atoms with Gasteiger partial charge in [-0.3, -0.25) is 0 Å². The highest BCUT2D eigenvalue weighted by atomic mass is 32.2. The van der Waals surface area contributed by atoms with Gasteiger partial charge in [0.15, 0.2) is 5.82 Å². The SMILES string of the molecule is CNC(C)Cc1noc(/C=C/c2ccc(S(=O)(=O)N(C)C)cc2)n1. The summed E-state index contributed by atoms with van der Waals surface area (Å²) >= 11 is 0. The Balaban J connectivity index is 2.07. The zero-order chi connectivity index (χ0) is 17.7. The van der Waals surface area contributed by atoms with Gasteiger partial charge >= 0.3 is 0 Å². The first-order valence-corrected chi connectivity index (χ1v) is 8.97. The van der Waals surface area contributed by atoms with Gasteiger partial charge in [0, 0.05) is 32.6 Å². The molecular formula is C16H22N4O3S. The van der Waals surface area contributed by atoms with E-state index < -0.39 is 10.0 Å². The molecule has 1 atom stereocenters. The zero-order valence-electron chi connectivity index (χ0n) is 14.2. The Bertz CT molecular complexity index is 795. The summed E-state index contributed by atoms with van der Waals surface area (Å²) in [5.74, 6) is 1.06. The topological polar surface area (TPSA) is 88.3 Å². The highest BCUT2D eigenvalue weighted by molar-refractivity contribution is 7.89. The molecule has 0 amide bonds. The van der Waals surface area contributed by atoms with Crippen LogP contribution in [-0.2, 0) is 16.4 Å². The van der Waals surface area contributed by atoms with Crippen molar-refractivity contribution in [3.8, 4) is 0 Å². The van der Waals surface area contributed by atoms with E-state index in [4.69, 9.17) is 4.52 Å². The van der Waals surface area contributed by atoms with Gasteiger partial charge in [0.25, 0.3) is 5.89 Å². The van der Waals surface area contributed by atoms with Gasteiger partial charge in [0.2, 0.25) is 10.0 Å². The normalized spacial score (nSPS) is 13.7. The van der Waals surface area contributed by atoms with E-state index in [2.05, 4.69) is 15.5 Å². The first-order valence-electron chi connectivity index (χ1n) is 7.53. The van der Waals surface area contributed by atoms with Gasteiger partial charge in [0.1, 0.15) is 0 Å². The molecule has 0 aliphatic rings. The molecule has 0 radical (unpaired) electrons. The van der Waals surface area contributed by atoms with E-state index >= 15 is 0 Å². The third-order valence-corrected chi connectivity index (χ3v) is 5.37. The molecule has 0 spiro atoms. The minimum atomic E-state index is -3.41. The fourth-order valence-electron chi connectivity index (χ4n) is 1.92. The van der Waals surface area contributed by atoms with Gasteiger partial charge in [-0.05, 0) is 37.7 Å². The van der Waals surface area contributed by atoms with Crippen LogP contribution in [0.2, 0.25) is 0 Å². The van der Waals surface area contributed by atoms with Gasteiger partial charge in [-0.2, -0.15) is 4.98 Å². The van der Waals surface area contributed by atoms with E-state index in [1.165, 1.54) is 18.4 Å². The second kappa shape index (κ2) is 7.69. The summed E-state index contributed by atoms with van der Waals surface area (Å²) < 4.78 is 30.4. The summed E-state index contributed by atoms with van der Waals surface area (Å²) in [4.78, 5) is 4.54. The average Bonchev–Trinajstić information content (AvgIpc) is 3.00. The molecule has 1 aromatic carbocycles. The van der Waals surface area contributed by atoms with E-state index in [0.717, 1.165) is 5.56 Å². The minimum absolute atomic E-state index is 0.255. The van der Waals surface area contributed by atoms with Crippen LogP contribution in [0.3, 0.4) is 0 Å². The van der Waals surface area contributed by atoms with Gasteiger partial charge in [-0.25, -0.2) is 12.7 Å². The van der Waals surface area contributed by atoms with Gasteiger partial charge in [0.05, 0.1) is 4.90 Å². The predicted octanol–water partition coefficient (Wildman–Crippen LogP) is 1.64. The van der Waals surface area contributed by atoms with Gasteiger partial charge in [-0.15, -0.1) is 0 Å². The Morgan fingerprint density at radius 3 is 2.50 bits per heavy atom.